The molecule has 1 aromatic rings. The van der Waals surface area contributed by atoms with Gasteiger partial charge in [0.25, 0.3) is 5.91 Å². The van der Waals surface area contributed by atoms with Gasteiger partial charge in [-0.05, 0) is 30.2 Å². The van der Waals surface area contributed by atoms with Crippen LogP contribution in [0.2, 0.25) is 0 Å². The predicted octanol–water partition coefficient (Wildman–Crippen LogP) is 0.986. The number of nitrogens with one attached hydrogen (secondary N) is 1. The topological polar surface area (TPSA) is 66.5 Å². The molecule has 5 nitrogen and oxygen atoms in total. The van der Waals surface area contributed by atoms with Crippen LogP contribution >= 0.6 is 0 Å². The van der Waals surface area contributed by atoms with Crippen molar-refractivity contribution in [1.29, 1.82) is 0 Å². The molecule has 2 heterocycles. The van der Waals surface area contributed by atoms with Crippen molar-refractivity contribution in [2.24, 2.45) is 0 Å². The molecule has 0 unspecified atom stereocenters. The fourth-order valence-electron chi connectivity index (χ4n) is 2.56. The Labute approximate surface area is 110 Å². The number of amides is 2. The van der Waals surface area contributed by atoms with E-state index in [0.29, 0.717) is 24.9 Å². The summed E-state index contributed by atoms with van der Waals surface area (Å²) in [5, 5.41) is 2.73. The van der Waals surface area contributed by atoms with Gasteiger partial charge in [0.05, 0.1) is 13.0 Å². The van der Waals surface area contributed by atoms with E-state index >= 15 is 0 Å². The Kier molecular flexibility index (Phi) is 2.81. The molecule has 0 aromatic heterocycles. The molecule has 0 radical (unpaired) electrons. The highest BCUT2D eigenvalue weighted by Gasteiger charge is 2.24. The lowest BCUT2D eigenvalue weighted by atomic mass is 10.0. The number of likely N-dealkylation sites (tertiary alicyclic amines) is 1. The maximum atomic E-state index is 12.3. The van der Waals surface area contributed by atoms with Gasteiger partial charge in [-0.1, -0.05) is 0 Å². The van der Waals surface area contributed by atoms with Crippen molar-refractivity contribution in [2.45, 2.75) is 19.3 Å². The number of rotatable bonds is 1. The summed E-state index contributed by atoms with van der Waals surface area (Å²) in [7, 11) is 0. The van der Waals surface area contributed by atoms with Crippen LogP contribution in [-0.4, -0.2) is 35.6 Å². The SMILES string of the molecule is O=C1CCCN(C(=O)c2ccc3c(c2)CC(=O)N3)C1. The fraction of sp³-hybridized carbons (Fsp3) is 0.357. The molecule has 2 amide bonds. The molecule has 1 N–H and O–H groups in total. The van der Waals surface area contributed by atoms with Crippen molar-refractivity contribution in [3.8, 4) is 0 Å². The van der Waals surface area contributed by atoms with Crippen LogP contribution in [0.3, 0.4) is 0 Å². The van der Waals surface area contributed by atoms with Crippen LogP contribution in [0, 0.1) is 0 Å². The first-order valence-electron chi connectivity index (χ1n) is 6.37. The molecule has 1 fully saturated rings. The Balaban J connectivity index is 1.82. The summed E-state index contributed by atoms with van der Waals surface area (Å²) in [6.45, 7) is 0.825. The maximum absolute atomic E-state index is 12.3. The molecule has 5 heteroatoms. The van der Waals surface area contributed by atoms with Crippen LogP contribution < -0.4 is 5.32 Å². The summed E-state index contributed by atoms with van der Waals surface area (Å²) < 4.78 is 0. The lowest BCUT2D eigenvalue weighted by Crippen LogP contribution is -2.40. The Morgan fingerprint density at radius 3 is 2.89 bits per heavy atom. The Morgan fingerprint density at radius 1 is 1.26 bits per heavy atom. The van der Waals surface area contributed by atoms with Gasteiger partial charge in [-0.15, -0.1) is 0 Å². The van der Waals surface area contributed by atoms with Crippen molar-refractivity contribution in [3.63, 3.8) is 0 Å². The summed E-state index contributed by atoms with van der Waals surface area (Å²) in [6, 6.07) is 5.19. The van der Waals surface area contributed by atoms with Crippen LogP contribution in [-0.2, 0) is 16.0 Å². The van der Waals surface area contributed by atoms with Crippen LogP contribution in [0.5, 0.6) is 0 Å². The van der Waals surface area contributed by atoms with E-state index in [2.05, 4.69) is 5.32 Å². The second-order valence-corrected chi connectivity index (χ2v) is 4.97. The van der Waals surface area contributed by atoms with E-state index in [0.717, 1.165) is 17.7 Å². The number of hydrogen-bond donors (Lipinski definition) is 1. The number of nitrogens with zero attached hydrogens (tertiary/aromatic N) is 1. The summed E-state index contributed by atoms with van der Waals surface area (Å²) in [5.41, 5.74) is 2.17. The van der Waals surface area contributed by atoms with Gasteiger partial charge in [-0.2, -0.15) is 0 Å². The second-order valence-electron chi connectivity index (χ2n) is 4.97. The predicted molar refractivity (Wildman–Crippen MR) is 68.9 cm³/mol. The minimum atomic E-state index is -0.129. The molecule has 1 aromatic carbocycles. The van der Waals surface area contributed by atoms with Gasteiger partial charge < -0.3 is 10.2 Å². The first kappa shape index (κ1) is 11.9. The van der Waals surface area contributed by atoms with Gasteiger partial charge in [0.1, 0.15) is 0 Å². The summed E-state index contributed by atoms with van der Waals surface area (Å²) >= 11 is 0. The van der Waals surface area contributed by atoms with Crippen LogP contribution in [0.4, 0.5) is 5.69 Å². The van der Waals surface area contributed by atoms with Crippen molar-refractivity contribution in [3.05, 3.63) is 29.3 Å². The molecular weight excluding hydrogens is 244 g/mol. The second kappa shape index (κ2) is 4.50. The van der Waals surface area contributed by atoms with Crippen LogP contribution in [0.15, 0.2) is 18.2 Å². The molecule has 2 aliphatic heterocycles. The van der Waals surface area contributed by atoms with Crippen molar-refractivity contribution in [1.82, 2.24) is 4.90 Å². The van der Waals surface area contributed by atoms with E-state index in [1.165, 1.54) is 0 Å². The molecule has 0 bridgehead atoms. The molecule has 19 heavy (non-hydrogen) atoms. The zero-order valence-corrected chi connectivity index (χ0v) is 10.4. The van der Waals surface area contributed by atoms with Crippen molar-refractivity contribution in [2.75, 3.05) is 18.4 Å². The number of fused-ring (bicyclic) bond motifs is 1. The third-order valence-electron chi connectivity index (χ3n) is 3.52. The highest BCUT2D eigenvalue weighted by atomic mass is 16.2. The number of hydrogen-bond acceptors (Lipinski definition) is 3. The lowest BCUT2D eigenvalue weighted by Gasteiger charge is -2.26. The van der Waals surface area contributed by atoms with Crippen LogP contribution in [0.1, 0.15) is 28.8 Å². The largest absolute Gasteiger partial charge is 0.331 e. The summed E-state index contributed by atoms with van der Waals surface area (Å²) in [4.78, 5) is 36.5. The smallest absolute Gasteiger partial charge is 0.254 e. The Hall–Kier alpha value is -2.17. The van der Waals surface area contributed by atoms with Crippen molar-refractivity contribution >= 4 is 23.3 Å². The van der Waals surface area contributed by atoms with E-state index in [1.807, 2.05) is 0 Å². The lowest BCUT2D eigenvalue weighted by molar-refractivity contribution is -0.121. The highest BCUT2D eigenvalue weighted by Crippen LogP contribution is 2.24. The number of ketones is 1. The maximum Gasteiger partial charge on any atom is 0.254 e. The first-order chi connectivity index (χ1) is 9.13. The van der Waals surface area contributed by atoms with E-state index < -0.39 is 0 Å². The number of carbonyl (C=O) groups is 3. The molecule has 2 aliphatic rings. The van der Waals surface area contributed by atoms with Gasteiger partial charge in [0.2, 0.25) is 5.91 Å². The molecular formula is C14H14N2O3. The summed E-state index contributed by atoms with van der Waals surface area (Å²) in [6.07, 6.45) is 1.61. The van der Waals surface area contributed by atoms with Gasteiger partial charge in [0.15, 0.2) is 5.78 Å². The molecule has 0 spiro atoms. The standard InChI is InChI=1S/C14H14N2O3/c17-11-2-1-5-16(8-11)14(19)9-3-4-12-10(6-9)7-13(18)15-12/h3-4,6H,1-2,5,7-8H2,(H,15,18). The minimum absolute atomic E-state index is 0.0484. The zero-order valence-electron chi connectivity index (χ0n) is 10.4. The molecule has 98 valence electrons. The normalized spacial score (nSPS) is 18.2. The molecule has 0 atom stereocenters. The molecule has 0 saturated carbocycles. The van der Waals surface area contributed by atoms with Gasteiger partial charge in [-0.3, -0.25) is 14.4 Å². The quantitative estimate of drug-likeness (QED) is 0.816. The van der Waals surface area contributed by atoms with E-state index in [4.69, 9.17) is 0 Å². The zero-order chi connectivity index (χ0) is 13.4. The van der Waals surface area contributed by atoms with E-state index in [9.17, 15) is 14.4 Å². The van der Waals surface area contributed by atoms with Crippen molar-refractivity contribution < 1.29 is 14.4 Å². The molecule has 0 aliphatic carbocycles. The monoisotopic (exact) mass is 258 g/mol. The minimum Gasteiger partial charge on any atom is -0.331 e. The number of Topliss-reactive ketones (excluding diaryl/α,β-unsaturated/α-hetero) is 1. The Bertz CT molecular complexity index is 580. The number of carbonyl (C=O) groups excluding carboxylic acids is 3. The third-order valence-corrected chi connectivity index (χ3v) is 3.52. The summed E-state index contributed by atoms with van der Waals surface area (Å²) in [5.74, 6) is -0.0689. The van der Waals surface area contributed by atoms with Gasteiger partial charge >= 0.3 is 0 Å². The van der Waals surface area contributed by atoms with Crippen LogP contribution in [0.25, 0.3) is 0 Å². The molecule has 1 saturated heterocycles. The number of anilines is 1. The first-order valence-corrected chi connectivity index (χ1v) is 6.37. The highest BCUT2D eigenvalue weighted by molar-refractivity contribution is 6.02. The third kappa shape index (κ3) is 2.23. The average molecular weight is 258 g/mol. The van der Waals surface area contributed by atoms with Gasteiger partial charge in [-0.25, -0.2) is 0 Å². The van der Waals surface area contributed by atoms with E-state index in [-0.39, 0.29) is 24.1 Å². The number of benzene rings is 1. The fourth-order valence-corrected chi connectivity index (χ4v) is 2.56. The van der Waals surface area contributed by atoms with E-state index in [1.54, 1.807) is 23.1 Å². The number of piperidine rings is 1. The average Bonchev–Trinajstić information content (AvgIpc) is 2.76. The molecule has 3 rings (SSSR count). The Morgan fingerprint density at radius 2 is 2.11 bits per heavy atom. The van der Waals surface area contributed by atoms with Gasteiger partial charge in [0, 0.05) is 24.2 Å².